The van der Waals surface area contributed by atoms with Crippen molar-refractivity contribution in [2.24, 2.45) is 5.41 Å². The van der Waals surface area contributed by atoms with Crippen molar-refractivity contribution in [3.05, 3.63) is 0 Å². The maximum Gasteiger partial charge on any atom is 0.211 e. The van der Waals surface area contributed by atoms with Gasteiger partial charge in [0, 0.05) is 12.6 Å². The average Bonchev–Trinajstić information content (AvgIpc) is 2.18. The van der Waals surface area contributed by atoms with Crippen LogP contribution in [0.25, 0.3) is 0 Å². The Morgan fingerprint density at radius 1 is 1.10 bits per heavy atom. The van der Waals surface area contributed by atoms with E-state index in [4.69, 9.17) is 9.47 Å². The van der Waals surface area contributed by atoms with E-state index in [-0.39, 0.29) is 18.1 Å². The molecule has 0 rings (SSSR count). The highest BCUT2D eigenvalue weighted by molar-refractivity contribution is 7.88. The number of methoxy groups -OCH3 is 1. The molecule has 0 aromatic carbocycles. The molecule has 0 heterocycles. The van der Waals surface area contributed by atoms with Crippen molar-refractivity contribution in [3.8, 4) is 0 Å². The van der Waals surface area contributed by atoms with Crippen LogP contribution in [-0.2, 0) is 19.5 Å². The summed E-state index contributed by atoms with van der Waals surface area (Å²) in [7, 11) is -1.79. The molecule has 0 N–H and O–H groups in total. The summed E-state index contributed by atoms with van der Waals surface area (Å²) in [5.41, 5.74) is -0.548. The van der Waals surface area contributed by atoms with Crippen LogP contribution in [0.4, 0.5) is 0 Å². The smallest absolute Gasteiger partial charge is 0.211 e. The van der Waals surface area contributed by atoms with Gasteiger partial charge in [-0.25, -0.2) is 8.42 Å². The Morgan fingerprint density at radius 2 is 1.55 bits per heavy atom. The van der Waals surface area contributed by atoms with Crippen LogP contribution in [0, 0.1) is 5.41 Å². The fourth-order valence-electron chi connectivity index (χ4n) is 1.65. The van der Waals surface area contributed by atoms with Gasteiger partial charge in [-0.15, -0.1) is 0 Å². The lowest BCUT2D eigenvalue weighted by molar-refractivity contribution is -0.180. The van der Waals surface area contributed by atoms with Crippen molar-refractivity contribution in [2.45, 2.75) is 66.4 Å². The van der Waals surface area contributed by atoms with Crippen LogP contribution in [0.15, 0.2) is 0 Å². The van der Waals surface area contributed by atoms with Crippen LogP contribution >= 0.6 is 0 Å². The molecule has 20 heavy (non-hydrogen) atoms. The van der Waals surface area contributed by atoms with E-state index in [9.17, 15) is 8.42 Å². The molecular weight excluding hydrogens is 278 g/mol. The van der Waals surface area contributed by atoms with Crippen LogP contribution in [0.3, 0.4) is 0 Å². The molecular formula is C14H31NO4S. The number of ether oxygens (including phenoxy) is 2. The third kappa shape index (κ3) is 6.52. The normalized spacial score (nSPS) is 17.3. The minimum atomic E-state index is -3.33. The summed E-state index contributed by atoms with van der Waals surface area (Å²) < 4.78 is 36.4. The zero-order chi connectivity index (χ0) is 16.4. The fourth-order valence-corrected chi connectivity index (χ4v) is 3.03. The molecule has 2 atom stereocenters. The van der Waals surface area contributed by atoms with E-state index in [1.807, 2.05) is 27.7 Å². The van der Waals surface area contributed by atoms with Gasteiger partial charge in [-0.3, -0.25) is 0 Å². The number of rotatable bonds is 6. The summed E-state index contributed by atoms with van der Waals surface area (Å²) in [6.45, 7) is 13.9. The highest BCUT2D eigenvalue weighted by atomic mass is 32.2. The average molecular weight is 309 g/mol. The number of nitrogens with zero attached hydrogens (tertiary/aromatic N) is 1. The van der Waals surface area contributed by atoms with E-state index in [0.717, 1.165) is 0 Å². The number of hydrogen-bond acceptors (Lipinski definition) is 4. The molecule has 0 aliphatic heterocycles. The van der Waals surface area contributed by atoms with Crippen molar-refractivity contribution in [3.63, 3.8) is 0 Å². The second-order valence-corrected chi connectivity index (χ2v) is 9.18. The summed E-state index contributed by atoms with van der Waals surface area (Å²) in [6.07, 6.45) is 0.574. The molecule has 122 valence electrons. The van der Waals surface area contributed by atoms with Gasteiger partial charge in [0.05, 0.1) is 18.9 Å². The van der Waals surface area contributed by atoms with Crippen LogP contribution < -0.4 is 0 Å². The molecule has 0 aromatic rings. The second-order valence-electron chi connectivity index (χ2n) is 7.27. The van der Waals surface area contributed by atoms with Gasteiger partial charge in [-0.05, 0) is 33.1 Å². The van der Waals surface area contributed by atoms with E-state index in [2.05, 4.69) is 20.8 Å². The zero-order valence-corrected chi connectivity index (χ0v) is 15.2. The lowest BCUT2D eigenvalue weighted by Gasteiger charge is -2.37. The van der Waals surface area contributed by atoms with E-state index in [1.54, 1.807) is 0 Å². The van der Waals surface area contributed by atoms with Gasteiger partial charge in [-0.1, -0.05) is 20.8 Å². The minimum Gasteiger partial charge on any atom is -0.354 e. The quantitative estimate of drug-likeness (QED) is 0.707. The van der Waals surface area contributed by atoms with Gasteiger partial charge < -0.3 is 9.47 Å². The van der Waals surface area contributed by atoms with Gasteiger partial charge in [-0.2, -0.15) is 4.31 Å². The van der Waals surface area contributed by atoms with Gasteiger partial charge in [0.1, 0.15) is 0 Å². The zero-order valence-electron chi connectivity index (χ0n) is 14.4. The Bertz CT molecular complexity index is 392. The van der Waals surface area contributed by atoms with Crippen LogP contribution in [0.1, 0.15) is 48.5 Å². The van der Waals surface area contributed by atoms with E-state index in [0.29, 0.717) is 0 Å². The Kier molecular flexibility index (Phi) is 6.67. The molecule has 0 aliphatic rings. The van der Waals surface area contributed by atoms with Crippen molar-refractivity contribution in [1.29, 1.82) is 0 Å². The Hall–Kier alpha value is -0.170. The first-order valence-corrected chi connectivity index (χ1v) is 8.70. The minimum absolute atomic E-state index is 0.0333. The predicted octanol–water partition coefficient (Wildman–Crippen LogP) is 2.47. The molecule has 6 heteroatoms. The van der Waals surface area contributed by atoms with Gasteiger partial charge >= 0.3 is 0 Å². The third-order valence-corrected chi connectivity index (χ3v) is 4.80. The van der Waals surface area contributed by atoms with Crippen molar-refractivity contribution in [1.82, 2.24) is 4.31 Å². The molecule has 0 spiro atoms. The van der Waals surface area contributed by atoms with Crippen LogP contribution in [0.2, 0.25) is 0 Å². The molecule has 0 saturated carbocycles. The number of hydrogen-bond donors (Lipinski definition) is 0. The summed E-state index contributed by atoms with van der Waals surface area (Å²) in [6, 6.07) is 0. The molecule has 0 aromatic heterocycles. The Morgan fingerprint density at radius 3 is 1.80 bits per heavy atom. The van der Waals surface area contributed by atoms with Gasteiger partial charge in [0.2, 0.25) is 10.0 Å². The monoisotopic (exact) mass is 309 g/mol. The molecule has 0 radical (unpaired) electrons. The van der Waals surface area contributed by atoms with E-state index in [1.165, 1.54) is 17.7 Å². The van der Waals surface area contributed by atoms with Crippen LogP contribution in [0.5, 0.6) is 0 Å². The van der Waals surface area contributed by atoms with Crippen molar-refractivity contribution < 1.29 is 17.9 Å². The molecule has 0 bridgehead atoms. The Labute approximate surface area is 124 Å². The van der Waals surface area contributed by atoms with Crippen molar-refractivity contribution in [2.75, 3.05) is 19.9 Å². The third-order valence-electron chi connectivity index (χ3n) is 3.30. The maximum atomic E-state index is 11.9. The lowest BCUT2D eigenvalue weighted by Crippen LogP contribution is -2.50. The van der Waals surface area contributed by atoms with E-state index < -0.39 is 21.9 Å². The summed E-state index contributed by atoms with van der Waals surface area (Å²) in [5, 5.41) is 0. The fraction of sp³-hybridized carbons (Fsp3) is 1.00. The predicted molar refractivity (Wildman–Crippen MR) is 82.1 cm³/mol. The lowest BCUT2D eigenvalue weighted by atomic mass is 9.90. The Balaban J connectivity index is 5.02. The standard InChI is InChI=1S/C14H31NO4S/c1-11(13(2,3)4)19-12(18-8)10-15(14(5,6)7)20(9,16)17/h11-12H,10H2,1-9H3. The SMILES string of the molecule is COC(CN(C(C)(C)C)S(C)(=O)=O)OC(C)C(C)(C)C. The summed E-state index contributed by atoms with van der Waals surface area (Å²) in [5.74, 6) is 0. The highest BCUT2D eigenvalue weighted by Crippen LogP contribution is 2.25. The highest BCUT2D eigenvalue weighted by Gasteiger charge is 2.33. The molecule has 0 amide bonds. The topological polar surface area (TPSA) is 55.8 Å². The first-order chi connectivity index (χ1) is 8.69. The maximum absolute atomic E-state index is 11.9. The molecule has 5 nitrogen and oxygen atoms in total. The molecule has 2 unspecified atom stereocenters. The molecule has 0 fully saturated rings. The number of sulfonamides is 1. The second kappa shape index (κ2) is 6.73. The van der Waals surface area contributed by atoms with Crippen LogP contribution in [-0.4, -0.2) is 50.6 Å². The first kappa shape index (κ1) is 19.8. The van der Waals surface area contributed by atoms with Crippen molar-refractivity contribution >= 4 is 10.0 Å². The van der Waals surface area contributed by atoms with E-state index >= 15 is 0 Å². The van der Waals surface area contributed by atoms with Gasteiger partial charge in [0.15, 0.2) is 6.29 Å². The molecule has 0 aliphatic carbocycles. The first-order valence-electron chi connectivity index (χ1n) is 6.85. The molecule has 0 saturated heterocycles. The van der Waals surface area contributed by atoms with Gasteiger partial charge in [0.25, 0.3) is 0 Å². The summed E-state index contributed by atoms with van der Waals surface area (Å²) >= 11 is 0. The largest absolute Gasteiger partial charge is 0.354 e. The summed E-state index contributed by atoms with van der Waals surface area (Å²) in [4.78, 5) is 0.